The molecule has 1 aromatic carbocycles. The lowest BCUT2D eigenvalue weighted by Gasteiger charge is -2.27. The van der Waals surface area contributed by atoms with E-state index in [9.17, 15) is 0 Å². The standard InChI is InChI=1S/C20H24N8O2/c1-29-9-6-28-13-22-17-18(21-12-16-23-14-4-2-3-5-15(14)24-16)25-20(26-19(17)28)27-7-10-30-11-8-27/h2-5,13H,6-12H2,1H3,(H,23,24)(H,21,25,26). The van der Waals surface area contributed by atoms with Gasteiger partial charge in [0, 0.05) is 26.7 Å². The second-order valence-corrected chi connectivity index (χ2v) is 7.13. The lowest BCUT2D eigenvalue weighted by Crippen LogP contribution is -2.37. The summed E-state index contributed by atoms with van der Waals surface area (Å²) >= 11 is 0. The Morgan fingerprint density at radius 1 is 1.17 bits per heavy atom. The van der Waals surface area contributed by atoms with Gasteiger partial charge in [0.25, 0.3) is 0 Å². The van der Waals surface area contributed by atoms with Gasteiger partial charge >= 0.3 is 0 Å². The number of ether oxygens (including phenoxy) is 2. The molecule has 0 unspecified atom stereocenters. The van der Waals surface area contributed by atoms with Crippen LogP contribution in [0, 0.1) is 0 Å². The van der Waals surface area contributed by atoms with E-state index in [2.05, 4.69) is 25.2 Å². The van der Waals surface area contributed by atoms with E-state index in [4.69, 9.17) is 19.4 Å². The van der Waals surface area contributed by atoms with Gasteiger partial charge in [-0.25, -0.2) is 9.97 Å². The molecule has 3 aromatic heterocycles. The summed E-state index contributed by atoms with van der Waals surface area (Å²) in [6.45, 7) is 4.65. The average molecular weight is 408 g/mol. The smallest absolute Gasteiger partial charge is 0.229 e. The maximum Gasteiger partial charge on any atom is 0.229 e. The summed E-state index contributed by atoms with van der Waals surface area (Å²) in [5.41, 5.74) is 3.48. The van der Waals surface area contributed by atoms with Crippen LogP contribution < -0.4 is 10.2 Å². The van der Waals surface area contributed by atoms with Gasteiger partial charge in [-0.15, -0.1) is 0 Å². The Kier molecular flexibility index (Phi) is 5.16. The summed E-state index contributed by atoms with van der Waals surface area (Å²) in [5, 5.41) is 3.40. The molecule has 1 saturated heterocycles. The van der Waals surface area contributed by atoms with E-state index in [0.717, 1.165) is 41.1 Å². The number of hydrogen-bond acceptors (Lipinski definition) is 8. The number of nitrogens with zero attached hydrogens (tertiary/aromatic N) is 6. The van der Waals surface area contributed by atoms with Gasteiger partial charge in [0.2, 0.25) is 5.95 Å². The minimum absolute atomic E-state index is 0.508. The number of nitrogens with one attached hydrogen (secondary N) is 2. The van der Waals surface area contributed by atoms with Crippen molar-refractivity contribution in [3.63, 3.8) is 0 Å². The van der Waals surface area contributed by atoms with Crippen molar-refractivity contribution in [1.29, 1.82) is 0 Å². The summed E-state index contributed by atoms with van der Waals surface area (Å²) in [6.07, 6.45) is 1.79. The molecule has 0 amide bonds. The molecule has 0 atom stereocenters. The van der Waals surface area contributed by atoms with Crippen molar-refractivity contribution in [1.82, 2.24) is 29.5 Å². The van der Waals surface area contributed by atoms with Crippen LogP contribution in [0.5, 0.6) is 0 Å². The summed E-state index contributed by atoms with van der Waals surface area (Å²) in [6, 6.07) is 7.98. The second kappa shape index (κ2) is 8.25. The third-order valence-electron chi connectivity index (χ3n) is 5.14. The molecule has 10 heteroatoms. The first-order chi connectivity index (χ1) is 14.8. The highest BCUT2D eigenvalue weighted by atomic mass is 16.5. The molecule has 5 rings (SSSR count). The Bertz CT molecular complexity index is 1120. The van der Waals surface area contributed by atoms with Crippen LogP contribution in [0.3, 0.4) is 0 Å². The first-order valence-corrected chi connectivity index (χ1v) is 10.0. The number of rotatable bonds is 7. The minimum atomic E-state index is 0.508. The van der Waals surface area contributed by atoms with E-state index in [0.29, 0.717) is 44.7 Å². The van der Waals surface area contributed by atoms with E-state index < -0.39 is 0 Å². The van der Waals surface area contributed by atoms with Gasteiger partial charge in [-0.05, 0) is 12.1 Å². The molecule has 30 heavy (non-hydrogen) atoms. The number of anilines is 2. The molecule has 10 nitrogen and oxygen atoms in total. The van der Waals surface area contributed by atoms with Crippen LogP contribution in [-0.4, -0.2) is 69.5 Å². The number of H-pyrrole nitrogens is 1. The molecule has 4 heterocycles. The van der Waals surface area contributed by atoms with Gasteiger partial charge < -0.3 is 29.2 Å². The van der Waals surface area contributed by atoms with Crippen molar-refractivity contribution in [3.05, 3.63) is 36.4 Å². The average Bonchev–Trinajstić information content (AvgIpc) is 3.40. The van der Waals surface area contributed by atoms with E-state index >= 15 is 0 Å². The highest BCUT2D eigenvalue weighted by Gasteiger charge is 2.19. The second-order valence-electron chi connectivity index (χ2n) is 7.13. The molecule has 0 bridgehead atoms. The molecular weight excluding hydrogens is 384 g/mol. The molecule has 1 aliphatic heterocycles. The number of methoxy groups -OCH3 is 1. The summed E-state index contributed by atoms with van der Waals surface area (Å²) < 4.78 is 12.7. The normalized spacial score (nSPS) is 14.6. The lowest BCUT2D eigenvalue weighted by atomic mass is 10.3. The van der Waals surface area contributed by atoms with Crippen molar-refractivity contribution in [2.75, 3.05) is 50.2 Å². The molecule has 2 N–H and O–H groups in total. The zero-order valence-corrected chi connectivity index (χ0v) is 16.8. The number of benzene rings is 1. The predicted molar refractivity (Wildman–Crippen MR) is 114 cm³/mol. The van der Waals surface area contributed by atoms with E-state index in [-0.39, 0.29) is 0 Å². The minimum Gasteiger partial charge on any atom is -0.383 e. The van der Waals surface area contributed by atoms with Gasteiger partial charge in [0.1, 0.15) is 5.82 Å². The zero-order valence-electron chi connectivity index (χ0n) is 16.8. The number of para-hydroxylation sites is 2. The monoisotopic (exact) mass is 408 g/mol. The zero-order chi connectivity index (χ0) is 20.3. The first-order valence-electron chi connectivity index (χ1n) is 10.0. The first kappa shape index (κ1) is 18.8. The molecule has 1 fully saturated rings. The van der Waals surface area contributed by atoms with Gasteiger partial charge in [-0.3, -0.25) is 0 Å². The van der Waals surface area contributed by atoms with Crippen LogP contribution in [0.2, 0.25) is 0 Å². The number of imidazole rings is 2. The van der Waals surface area contributed by atoms with Crippen molar-refractivity contribution in [2.45, 2.75) is 13.1 Å². The maximum atomic E-state index is 5.48. The summed E-state index contributed by atoms with van der Waals surface area (Å²) in [5.74, 6) is 2.21. The van der Waals surface area contributed by atoms with Crippen LogP contribution in [0.15, 0.2) is 30.6 Å². The van der Waals surface area contributed by atoms with Crippen LogP contribution in [0.4, 0.5) is 11.8 Å². The molecular formula is C20H24N8O2. The Morgan fingerprint density at radius 2 is 2.03 bits per heavy atom. The lowest BCUT2D eigenvalue weighted by molar-refractivity contribution is 0.122. The number of aromatic nitrogens is 6. The highest BCUT2D eigenvalue weighted by Crippen LogP contribution is 2.24. The fourth-order valence-electron chi connectivity index (χ4n) is 3.57. The largest absolute Gasteiger partial charge is 0.383 e. The fraction of sp³-hybridized carbons (Fsp3) is 0.400. The molecule has 0 radical (unpaired) electrons. The predicted octanol–water partition coefficient (Wildman–Crippen LogP) is 1.80. The molecule has 1 aliphatic rings. The van der Waals surface area contributed by atoms with Gasteiger partial charge in [-0.2, -0.15) is 9.97 Å². The number of hydrogen-bond donors (Lipinski definition) is 2. The molecule has 0 spiro atoms. The third kappa shape index (κ3) is 3.66. The maximum absolute atomic E-state index is 5.48. The van der Waals surface area contributed by atoms with E-state index in [1.807, 2.05) is 28.8 Å². The van der Waals surface area contributed by atoms with Crippen LogP contribution in [-0.2, 0) is 22.6 Å². The summed E-state index contributed by atoms with van der Waals surface area (Å²) in [7, 11) is 1.69. The number of aromatic amines is 1. The molecule has 4 aromatic rings. The van der Waals surface area contributed by atoms with E-state index in [1.54, 1.807) is 13.4 Å². The van der Waals surface area contributed by atoms with Crippen molar-refractivity contribution in [3.8, 4) is 0 Å². The molecule has 0 aliphatic carbocycles. The third-order valence-corrected chi connectivity index (χ3v) is 5.14. The fourth-order valence-corrected chi connectivity index (χ4v) is 3.57. The van der Waals surface area contributed by atoms with Gasteiger partial charge in [0.15, 0.2) is 17.0 Å². The van der Waals surface area contributed by atoms with Gasteiger partial charge in [0.05, 0.1) is 43.7 Å². The highest BCUT2D eigenvalue weighted by molar-refractivity contribution is 5.84. The van der Waals surface area contributed by atoms with E-state index in [1.165, 1.54) is 0 Å². The van der Waals surface area contributed by atoms with Crippen LogP contribution in [0.25, 0.3) is 22.2 Å². The van der Waals surface area contributed by atoms with Crippen molar-refractivity contribution < 1.29 is 9.47 Å². The Morgan fingerprint density at radius 3 is 2.87 bits per heavy atom. The SMILES string of the molecule is COCCn1cnc2c(NCc3nc4ccccc4[nH]3)nc(N3CCOCC3)nc21. The van der Waals surface area contributed by atoms with Gasteiger partial charge in [-0.1, -0.05) is 12.1 Å². The van der Waals surface area contributed by atoms with Crippen molar-refractivity contribution in [2.24, 2.45) is 0 Å². The Balaban J connectivity index is 1.47. The van der Waals surface area contributed by atoms with Crippen LogP contribution in [0.1, 0.15) is 5.82 Å². The quantitative estimate of drug-likeness (QED) is 0.477. The topological polar surface area (TPSA) is 106 Å². The Hall–Kier alpha value is -3.24. The Labute approximate surface area is 173 Å². The summed E-state index contributed by atoms with van der Waals surface area (Å²) in [4.78, 5) is 24.3. The number of fused-ring (bicyclic) bond motifs is 2. The number of morpholine rings is 1. The molecule has 0 saturated carbocycles. The molecule has 156 valence electrons. The van der Waals surface area contributed by atoms with Crippen molar-refractivity contribution >= 4 is 34.0 Å². The van der Waals surface area contributed by atoms with Crippen LogP contribution >= 0.6 is 0 Å².